The van der Waals surface area contributed by atoms with E-state index in [1.165, 1.54) is 11.3 Å². The summed E-state index contributed by atoms with van der Waals surface area (Å²) in [5.41, 5.74) is 0.551. The number of benzene rings is 1. The summed E-state index contributed by atoms with van der Waals surface area (Å²) in [7, 11) is 0. The van der Waals surface area contributed by atoms with E-state index in [-0.39, 0.29) is 12.2 Å². The lowest BCUT2D eigenvalue weighted by Gasteiger charge is -2.10. The minimum atomic E-state index is -0.561. The normalized spacial score (nSPS) is 9.96. The molecule has 0 saturated heterocycles. The molecule has 0 aliphatic carbocycles. The number of para-hydroxylation sites is 1. The summed E-state index contributed by atoms with van der Waals surface area (Å²) < 4.78 is 9.83. The van der Waals surface area contributed by atoms with Crippen molar-refractivity contribution in [3.8, 4) is 0 Å². The van der Waals surface area contributed by atoms with Gasteiger partial charge in [-0.25, -0.2) is 9.59 Å². The number of ether oxygens (including phenoxy) is 2. The Morgan fingerprint density at radius 1 is 1.04 bits per heavy atom. The van der Waals surface area contributed by atoms with Gasteiger partial charge in [0, 0.05) is 0 Å². The highest BCUT2D eigenvalue weighted by atomic mass is 32.1. The zero-order chi connectivity index (χ0) is 16.7. The quantitative estimate of drug-likeness (QED) is 0.822. The van der Waals surface area contributed by atoms with Gasteiger partial charge in [-0.15, -0.1) is 11.3 Å². The van der Waals surface area contributed by atoms with Crippen molar-refractivity contribution < 1.29 is 23.9 Å². The fourth-order valence-electron chi connectivity index (χ4n) is 1.76. The van der Waals surface area contributed by atoms with Crippen LogP contribution in [-0.4, -0.2) is 31.1 Å². The van der Waals surface area contributed by atoms with E-state index in [0.717, 1.165) is 0 Å². The summed E-state index contributed by atoms with van der Waals surface area (Å²) in [6.45, 7) is 1.50. The van der Waals surface area contributed by atoms with Crippen LogP contribution in [0.2, 0.25) is 0 Å². The van der Waals surface area contributed by atoms with Crippen LogP contribution in [0.5, 0.6) is 0 Å². The Bertz CT molecular complexity index is 696. The number of amides is 1. The van der Waals surface area contributed by atoms with Gasteiger partial charge in [0.2, 0.25) is 0 Å². The van der Waals surface area contributed by atoms with E-state index < -0.39 is 24.5 Å². The lowest BCUT2D eigenvalue weighted by atomic mass is 10.2. The van der Waals surface area contributed by atoms with Crippen molar-refractivity contribution in [1.82, 2.24) is 0 Å². The number of hydrogen-bond donors (Lipinski definition) is 1. The zero-order valence-electron chi connectivity index (χ0n) is 12.4. The Balaban J connectivity index is 1.95. The predicted molar refractivity (Wildman–Crippen MR) is 85.6 cm³/mol. The third-order valence-electron chi connectivity index (χ3n) is 2.75. The molecule has 2 rings (SSSR count). The van der Waals surface area contributed by atoms with E-state index in [4.69, 9.17) is 9.47 Å². The van der Waals surface area contributed by atoms with Crippen molar-refractivity contribution in [2.45, 2.75) is 6.92 Å². The van der Waals surface area contributed by atoms with Gasteiger partial charge in [-0.05, 0) is 30.5 Å². The van der Waals surface area contributed by atoms with E-state index in [0.29, 0.717) is 10.6 Å². The molecule has 1 amide bonds. The van der Waals surface area contributed by atoms with Gasteiger partial charge in [-0.2, -0.15) is 0 Å². The van der Waals surface area contributed by atoms with Gasteiger partial charge in [0.25, 0.3) is 5.91 Å². The van der Waals surface area contributed by atoms with Crippen LogP contribution in [0.3, 0.4) is 0 Å². The maximum atomic E-state index is 11.9. The number of carbonyl (C=O) groups excluding carboxylic acids is 3. The molecule has 1 N–H and O–H groups in total. The first kappa shape index (κ1) is 16.7. The fraction of sp³-hybridized carbons (Fsp3) is 0.188. The monoisotopic (exact) mass is 333 g/mol. The molecule has 1 heterocycles. The topological polar surface area (TPSA) is 81.7 Å². The van der Waals surface area contributed by atoms with Gasteiger partial charge < -0.3 is 14.8 Å². The molecular weight excluding hydrogens is 318 g/mol. The SMILES string of the molecule is CCOC(=O)c1ccccc1NC(=O)COC(=O)c1cccs1. The molecule has 0 saturated carbocycles. The standard InChI is InChI=1S/C16H15NO5S/c1-2-21-15(19)11-6-3-4-7-12(11)17-14(18)10-22-16(20)13-8-5-9-23-13/h3-9H,2,10H2,1H3,(H,17,18). The molecule has 6 nitrogen and oxygen atoms in total. The first-order valence-corrected chi connectivity index (χ1v) is 7.76. The molecule has 0 spiro atoms. The second-order valence-electron chi connectivity index (χ2n) is 4.37. The molecule has 1 aromatic heterocycles. The van der Waals surface area contributed by atoms with Crippen molar-refractivity contribution in [1.29, 1.82) is 0 Å². The van der Waals surface area contributed by atoms with Crippen molar-refractivity contribution >= 4 is 34.9 Å². The number of carbonyl (C=O) groups is 3. The Morgan fingerprint density at radius 2 is 1.83 bits per heavy atom. The summed E-state index contributed by atoms with van der Waals surface area (Å²) >= 11 is 1.23. The lowest BCUT2D eigenvalue weighted by molar-refractivity contribution is -0.119. The molecule has 0 fully saturated rings. The van der Waals surface area contributed by atoms with Gasteiger partial charge >= 0.3 is 11.9 Å². The molecule has 0 radical (unpaired) electrons. The highest BCUT2D eigenvalue weighted by molar-refractivity contribution is 7.11. The van der Waals surface area contributed by atoms with Crippen LogP contribution in [0.1, 0.15) is 27.0 Å². The van der Waals surface area contributed by atoms with Crippen molar-refractivity contribution in [2.24, 2.45) is 0 Å². The Hall–Kier alpha value is -2.67. The first-order chi connectivity index (χ1) is 11.1. The van der Waals surface area contributed by atoms with Crippen LogP contribution in [0.4, 0.5) is 5.69 Å². The third-order valence-corrected chi connectivity index (χ3v) is 3.60. The van der Waals surface area contributed by atoms with Gasteiger partial charge in [-0.1, -0.05) is 18.2 Å². The van der Waals surface area contributed by atoms with Crippen molar-refractivity contribution in [2.75, 3.05) is 18.5 Å². The molecule has 0 unspecified atom stereocenters. The van der Waals surface area contributed by atoms with Crippen LogP contribution in [0, 0.1) is 0 Å². The predicted octanol–water partition coefficient (Wildman–Crippen LogP) is 2.72. The molecule has 0 aliphatic rings. The summed E-state index contributed by atoms with van der Waals surface area (Å²) in [6.07, 6.45) is 0. The summed E-state index contributed by atoms with van der Waals surface area (Å²) in [4.78, 5) is 35.8. The number of thiophene rings is 1. The van der Waals surface area contributed by atoms with E-state index in [1.54, 1.807) is 48.7 Å². The summed E-state index contributed by atoms with van der Waals surface area (Å²) in [6, 6.07) is 9.79. The molecule has 0 aliphatic heterocycles. The maximum absolute atomic E-state index is 11.9. The first-order valence-electron chi connectivity index (χ1n) is 6.88. The van der Waals surface area contributed by atoms with Gasteiger partial charge in [0.1, 0.15) is 4.88 Å². The highest BCUT2D eigenvalue weighted by Crippen LogP contribution is 2.16. The van der Waals surface area contributed by atoms with Gasteiger partial charge in [0.15, 0.2) is 6.61 Å². The van der Waals surface area contributed by atoms with E-state index >= 15 is 0 Å². The number of nitrogens with one attached hydrogen (secondary N) is 1. The van der Waals surface area contributed by atoms with Gasteiger partial charge in [0.05, 0.1) is 17.9 Å². The van der Waals surface area contributed by atoms with Crippen LogP contribution >= 0.6 is 11.3 Å². The minimum Gasteiger partial charge on any atom is -0.462 e. The molecule has 7 heteroatoms. The van der Waals surface area contributed by atoms with Crippen molar-refractivity contribution in [3.63, 3.8) is 0 Å². The van der Waals surface area contributed by atoms with Crippen LogP contribution in [0.15, 0.2) is 41.8 Å². The highest BCUT2D eigenvalue weighted by Gasteiger charge is 2.15. The molecule has 1 aromatic carbocycles. The zero-order valence-corrected chi connectivity index (χ0v) is 13.2. The second-order valence-corrected chi connectivity index (χ2v) is 5.32. The lowest BCUT2D eigenvalue weighted by Crippen LogP contribution is -2.22. The van der Waals surface area contributed by atoms with E-state index in [9.17, 15) is 14.4 Å². The molecule has 0 bridgehead atoms. The molecule has 120 valence electrons. The minimum absolute atomic E-state index is 0.236. The number of anilines is 1. The number of esters is 2. The Morgan fingerprint density at radius 3 is 2.52 bits per heavy atom. The van der Waals surface area contributed by atoms with E-state index in [1.807, 2.05) is 0 Å². The average molecular weight is 333 g/mol. The smallest absolute Gasteiger partial charge is 0.348 e. The van der Waals surface area contributed by atoms with E-state index in [2.05, 4.69) is 5.32 Å². The average Bonchev–Trinajstić information content (AvgIpc) is 3.08. The Labute approximate surface area is 137 Å². The largest absolute Gasteiger partial charge is 0.462 e. The van der Waals surface area contributed by atoms with Gasteiger partial charge in [-0.3, -0.25) is 4.79 Å². The van der Waals surface area contributed by atoms with Crippen LogP contribution in [-0.2, 0) is 14.3 Å². The molecular formula is C16H15NO5S. The maximum Gasteiger partial charge on any atom is 0.348 e. The summed E-state index contributed by atoms with van der Waals surface area (Å²) in [5, 5.41) is 4.28. The molecule has 0 atom stereocenters. The molecule has 23 heavy (non-hydrogen) atoms. The number of rotatable bonds is 6. The van der Waals surface area contributed by atoms with Crippen LogP contribution in [0.25, 0.3) is 0 Å². The molecule has 2 aromatic rings. The number of hydrogen-bond acceptors (Lipinski definition) is 6. The third kappa shape index (κ3) is 4.65. The second kappa shape index (κ2) is 8.09. The summed E-state index contributed by atoms with van der Waals surface area (Å²) in [5.74, 6) is -1.63. The fourth-order valence-corrected chi connectivity index (χ4v) is 2.38. The van der Waals surface area contributed by atoms with Crippen molar-refractivity contribution in [3.05, 3.63) is 52.2 Å². The Kier molecular flexibility index (Phi) is 5.87. The van der Waals surface area contributed by atoms with Crippen LogP contribution < -0.4 is 5.32 Å².